The Hall–Kier alpha value is -1.85. The highest BCUT2D eigenvalue weighted by Crippen LogP contribution is 2.32. The summed E-state index contributed by atoms with van der Waals surface area (Å²) < 4.78 is 8.96. The zero-order chi connectivity index (χ0) is 14.7. The molecule has 0 aliphatic heterocycles. The molecule has 0 aliphatic carbocycles. The van der Waals surface area contributed by atoms with Gasteiger partial charge in [0.2, 0.25) is 0 Å². The molecular weight excluding hydrogens is 282 g/mol. The van der Waals surface area contributed by atoms with Crippen molar-refractivity contribution in [2.24, 2.45) is 7.05 Å². The molecule has 5 heteroatoms. The molecule has 1 N–H and O–H groups in total. The zero-order valence-corrected chi connectivity index (χ0v) is 13.1. The highest BCUT2D eigenvalue weighted by Gasteiger charge is 2.12. The van der Waals surface area contributed by atoms with E-state index in [1.54, 1.807) is 10.9 Å². The SMILES string of the molecule is CCNCc1sc2ccccc2c1COc1cnn(C)c1. The molecule has 0 fully saturated rings. The first-order chi connectivity index (χ1) is 10.3. The monoisotopic (exact) mass is 301 g/mol. The Labute approximate surface area is 128 Å². The lowest BCUT2D eigenvalue weighted by Crippen LogP contribution is -2.12. The minimum atomic E-state index is 0.580. The number of benzene rings is 1. The van der Waals surface area contributed by atoms with E-state index in [2.05, 4.69) is 41.6 Å². The van der Waals surface area contributed by atoms with E-state index in [1.165, 1.54) is 20.5 Å². The van der Waals surface area contributed by atoms with E-state index in [0.717, 1.165) is 18.8 Å². The van der Waals surface area contributed by atoms with Crippen LogP contribution < -0.4 is 10.1 Å². The van der Waals surface area contributed by atoms with Gasteiger partial charge in [-0.3, -0.25) is 4.68 Å². The lowest BCUT2D eigenvalue weighted by atomic mass is 10.1. The standard InChI is InChI=1S/C16H19N3OS/c1-3-17-9-16-14(11-20-12-8-18-19(2)10-12)13-6-4-5-7-15(13)21-16/h4-8,10,17H,3,9,11H2,1-2H3. The van der Waals surface area contributed by atoms with Crippen LogP contribution >= 0.6 is 11.3 Å². The summed E-state index contributed by atoms with van der Waals surface area (Å²) in [6, 6.07) is 8.51. The van der Waals surface area contributed by atoms with Crippen molar-refractivity contribution in [3.8, 4) is 5.75 Å². The van der Waals surface area contributed by atoms with Crippen LogP contribution in [0.25, 0.3) is 10.1 Å². The predicted molar refractivity (Wildman–Crippen MR) is 86.7 cm³/mol. The number of hydrogen-bond donors (Lipinski definition) is 1. The van der Waals surface area contributed by atoms with E-state index < -0.39 is 0 Å². The Morgan fingerprint density at radius 1 is 1.33 bits per heavy atom. The summed E-state index contributed by atoms with van der Waals surface area (Å²) in [4.78, 5) is 1.35. The highest BCUT2D eigenvalue weighted by molar-refractivity contribution is 7.19. The Bertz CT molecular complexity index is 732. The lowest BCUT2D eigenvalue weighted by molar-refractivity contribution is 0.306. The fraction of sp³-hybridized carbons (Fsp3) is 0.312. The average molecular weight is 301 g/mol. The van der Waals surface area contributed by atoms with Crippen LogP contribution in [0.2, 0.25) is 0 Å². The summed E-state index contributed by atoms with van der Waals surface area (Å²) in [5.74, 6) is 0.808. The lowest BCUT2D eigenvalue weighted by Gasteiger charge is -2.06. The number of ether oxygens (including phenoxy) is 1. The second-order valence-corrected chi connectivity index (χ2v) is 6.06. The first-order valence-corrected chi connectivity index (χ1v) is 7.91. The van der Waals surface area contributed by atoms with E-state index in [4.69, 9.17) is 4.74 Å². The van der Waals surface area contributed by atoms with E-state index in [0.29, 0.717) is 6.61 Å². The number of thiophene rings is 1. The van der Waals surface area contributed by atoms with Crippen molar-refractivity contribution in [3.63, 3.8) is 0 Å². The van der Waals surface area contributed by atoms with Gasteiger partial charge in [0.15, 0.2) is 5.75 Å². The highest BCUT2D eigenvalue weighted by atomic mass is 32.1. The molecular formula is C16H19N3OS. The molecule has 2 aromatic heterocycles. The van der Waals surface area contributed by atoms with Crippen LogP contribution in [0.4, 0.5) is 0 Å². The number of aryl methyl sites for hydroxylation is 1. The third-order valence-electron chi connectivity index (χ3n) is 3.38. The van der Waals surface area contributed by atoms with Gasteiger partial charge in [-0.25, -0.2) is 0 Å². The first-order valence-electron chi connectivity index (χ1n) is 7.09. The van der Waals surface area contributed by atoms with Crippen molar-refractivity contribution in [3.05, 3.63) is 47.1 Å². The van der Waals surface area contributed by atoms with Crippen LogP contribution in [0.1, 0.15) is 17.4 Å². The van der Waals surface area contributed by atoms with Crippen LogP contribution in [-0.2, 0) is 20.2 Å². The third kappa shape index (κ3) is 3.09. The third-order valence-corrected chi connectivity index (χ3v) is 4.59. The van der Waals surface area contributed by atoms with Gasteiger partial charge >= 0.3 is 0 Å². The van der Waals surface area contributed by atoms with Gasteiger partial charge in [-0.15, -0.1) is 11.3 Å². The maximum atomic E-state index is 5.90. The molecule has 0 aliphatic rings. The number of aromatic nitrogens is 2. The molecule has 4 nitrogen and oxygen atoms in total. The number of rotatable bonds is 6. The van der Waals surface area contributed by atoms with Gasteiger partial charge in [0.05, 0.1) is 12.4 Å². The Morgan fingerprint density at radius 3 is 2.95 bits per heavy atom. The van der Waals surface area contributed by atoms with Crippen molar-refractivity contribution in [1.82, 2.24) is 15.1 Å². The molecule has 2 heterocycles. The number of hydrogen-bond acceptors (Lipinski definition) is 4. The molecule has 0 spiro atoms. The van der Waals surface area contributed by atoms with Gasteiger partial charge in [-0.2, -0.15) is 5.10 Å². The largest absolute Gasteiger partial charge is 0.486 e. The molecule has 0 unspecified atom stereocenters. The first kappa shape index (κ1) is 14.1. The molecule has 0 saturated carbocycles. The molecule has 21 heavy (non-hydrogen) atoms. The molecule has 0 amide bonds. The van der Waals surface area contributed by atoms with Crippen molar-refractivity contribution in [1.29, 1.82) is 0 Å². The second-order valence-electron chi connectivity index (χ2n) is 4.92. The maximum absolute atomic E-state index is 5.90. The minimum Gasteiger partial charge on any atom is -0.486 e. The van der Waals surface area contributed by atoms with Crippen LogP contribution in [0.5, 0.6) is 5.75 Å². The molecule has 0 radical (unpaired) electrons. The minimum absolute atomic E-state index is 0.580. The van der Waals surface area contributed by atoms with Gasteiger partial charge in [0.1, 0.15) is 6.61 Å². The van der Waals surface area contributed by atoms with Crippen molar-refractivity contribution >= 4 is 21.4 Å². The number of fused-ring (bicyclic) bond motifs is 1. The molecule has 0 saturated heterocycles. The van der Waals surface area contributed by atoms with Gasteiger partial charge in [-0.05, 0) is 18.0 Å². The topological polar surface area (TPSA) is 39.1 Å². The van der Waals surface area contributed by atoms with E-state index in [-0.39, 0.29) is 0 Å². The van der Waals surface area contributed by atoms with Crippen molar-refractivity contribution < 1.29 is 4.74 Å². The zero-order valence-electron chi connectivity index (χ0n) is 12.3. The quantitative estimate of drug-likeness (QED) is 0.759. The molecule has 0 bridgehead atoms. The van der Waals surface area contributed by atoms with Crippen LogP contribution in [0, 0.1) is 0 Å². The van der Waals surface area contributed by atoms with Gasteiger partial charge < -0.3 is 10.1 Å². The van der Waals surface area contributed by atoms with Crippen molar-refractivity contribution in [2.75, 3.05) is 6.54 Å². The van der Waals surface area contributed by atoms with Crippen LogP contribution in [-0.4, -0.2) is 16.3 Å². The predicted octanol–water partition coefficient (Wildman–Crippen LogP) is 3.32. The summed E-state index contributed by atoms with van der Waals surface area (Å²) in [6.07, 6.45) is 3.64. The fourth-order valence-electron chi connectivity index (χ4n) is 2.32. The molecule has 0 atom stereocenters. The summed E-state index contributed by atoms with van der Waals surface area (Å²) >= 11 is 1.84. The summed E-state index contributed by atoms with van der Waals surface area (Å²) in [6.45, 7) is 4.56. The number of nitrogens with one attached hydrogen (secondary N) is 1. The smallest absolute Gasteiger partial charge is 0.157 e. The Balaban J connectivity index is 1.87. The normalized spacial score (nSPS) is 11.1. The number of nitrogens with zero attached hydrogens (tertiary/aromatic N) is 2. The molecule has 3 aromatic rings. The van der Waals surface area contributed by atoms with Gasteiger partial charge in [0.25, 0.3) is 0 Å². The average Bonchev–Trinajstić information content (AvgIpc) is 3.06. The maximum Gasteiger partial charge on any atom is 0.157 e. The van der Waals surface area contributed by atoms with E-state index in [1.807, 2.05) is 24.6 Å². The molecule has 3 rings (SSSR count). The van der Waals surface area contributed by atoms with E-state index in [9.17, 15) is 0 Å². The second kappa shape index (κ2) is 6.28. The Morgan fingerprint density at radius 2 is 2.19 bits per heavy atom. The fourth-order valence-corrected chi connectivity index (χ4v) is 3.50. The van der Waals surface area contributed by atoms with Gasteiger partial charge in [-0.1, -0.05) is 25.1 Å². The van der Waals surface area contributed by atoms with Crippen LogP contribution in [0.15, 0.2) is 36.7 Å². The molecule has 1 aromatic carbocycles. The van der Waals surface area contributed by atoms with Crippen LogP contribution in [0.3, 0.4) is 0 Å². The van der Waals surface area contributed by atoms with Crippen molar-refractivity contribution in [2.45, 2.75) is 20.1 Å². The Kier molecular flexibility index (Phi) is 4.22. The van der Waals surface area contributed by atoms with Gasteiger partial charge in [0, 0.05) is 28.7 Å². The summed E-state index contributed by atoms with van der Waals surface area (Å²) in [5.41, 5.74) is 1.28. The summed E-state index contributed by atoms with van der Waals surface area (Å²) in [7, 11) is 1.89. The molecule has 110 valence electrons. The van der Waals surface area contributed by atoms with E-state index >= 15 is 0 Å². The summed E-state index contributed by atoms with van der Waals surface area (Å²) in [5, 5.41) is 8.83.